The molecule has 2 saturated heterocycles. The van der Waals surface area contributed by atoms with E-state index in [-0.39, 0.29) is 30.3 Å². The highest BCUT2D eigenvalue weighted by atomic mass is 35.5. The average molecular weight is 420 g/mol. The van der Waals surface area contributed by atoms with Crippen molar-refractivity contribution in [1.29, 1.82) is 0 Å². The minimum absolute atomic E-state index is 0. The van der Waals surface area contributed by atoms with Crippen LogP contribution in [0.4, 0.5) is 5.69 Å². The maximum absolute atomic E-state index is 13.4. The summed E-state index contributed by atoms with van der Waals surface area (Å²) in [5.74, 6) is -0.439. The van der Waals surface area contributed by atoms with E-state index in [0.29, 0.717) is 44.7 Å². The molecular formula is C21H23Cl2N3O2. The SMILES string of the molecule is CN1C2CCCC1CC(N1C(=O)c3cccc4c(N)c(Cl)cc(c34)C1=O)C2.Cl. The molecule has 0 radical (unpaired) electrons. The lowest BCUT2D eigenvalue weighted by molar-refractivity contribution is 0.0108. The second-order valence-electron chi connectivity index (χ2n) is 8.06. The third kappa shape index (κ3) is 2.64. The van der Waals surface area contributed by atoms with Crippen LogP contribution in [0.5, 0.6) is 0 Å². The predicted molar refractivity (Wildman–Crippen MR) is 113 cm³/mol. The van der Waals surface area contributed by atoms with Gasteiger partial charge in [-0.3, -0.25) is 14.5 Å². The highest BCUT2D eigenvalue weighted by molar-refractivity contribution is 6.37. The molecule has 2 bridgehead atoms. The molecule has 0 aromatic heterocycles. The van der Waals surface area contributed by atoms with Crippen LogP contribution >= 0.6 is 24.0 Å². The van der Waals surface area contributed by atoms with E-state index in [1.165, 1.54) is 11.3 Å². The first kappa shape index (κ1) is 19.5. The number of nitrogens with two attached hydrogens (primary N) is 1. The van der Waals surface area contributed by atoms with Crippen molar-refractivity contribution in [3.63, 3.8) is 0 Å². The fraction of sp³-hybridized carbons (Fsp3) is 0.429. The minimum Gasteiger partial charge on any atom is -0.397 e. The number of carbonyl (C=O) groups is 2. The van der Waals surface area contributed by atoms with E-state index in [9.17, 15) is 9.59 Å². The number of halogens is 2. The Balaban J connectivity index is 0.00000192. The van der Waals surface area contributed by atoms with E-state index in [2.05, 4.69) is 11.9 Å². The van der Waals surface area contributed by atoms with Gasteiger partial charge in [0.1, 0.15) is 0 Å². The topological polar surface area (TPSA) is 66.6 Å². The van der Waals surface area contributed by atoms with Gasteiger partial charge in [0.2, 0.25) is 0 Å². The van der Waals surface area contributed by atoms with E-state index in [4.69, 9.17) is 17.3 Å². The maximum Gasteiger partial charge on any atom is 0.261 e. The maximum atomic E-state index is 13.4. The van der Waals surface area contributed by atoms with E-state index in [1.54, 1.807) is 12.1 Å². The van der Waals surface area contributed by atoms with Crippen LogP contribution < -0.4 is 5.73 Å². The van der Waals surface area contributed by atoms with Crippen LogP contribution in [0.25, 0.3) is 10.8 Å². The summed E-state index contributed by atoms with van der Waals surface area (Å²) in [5.41, 5.74) is 7.56. The van der Waals surface area contributed by atoms with E-state index >= 15 is 0 Å². The number of hydrogen-bond acceptors (Lipinski definition) is 4. The first-order valence-corrected chi connectivity index (χ1v) is 9.95. The first-order valence-electron chi connectivity index (χ1n) is 9.58. The van der Waals surface area contributed by atoms with Gasteiger partial charge in [0.15, 0.2) is 0 Å². The molecule has 148 valence electrons. The lowest BCUT2D eigenvalue weighted by Crippen LogP contribution is -2.58. The molecule has 0 spiro atoms. The zero-order valence-corrected chi connectivity index (χ0v) is 17.2. The largest absolute Gasteiger partial charge is 0.397 e. The van der Waals surface area contributed by atoms with Crippen LogP contribution in [0.1, 0.15) is 52.8 Å². The van der Waals surface area contributed by atoms with Crippen molar-refractivity contribution in [3.8, 4) is 0 Å². The molecular weight excluding hydrogens is 397 g/mol. The zero-order valence-electron chi connectivity index (χ0n) is 15.7. The molecule has 2 aromatic carbocycles. The highest BCUT2D eigenvalue weighted by Crippen LogP contribution is 2.41. The Morgan fingerprint density at radius 2 is 1.68 bits per heavy atom. The van der Waals surface area contributed by atoms with E-state index < -0.39 is 0 Å². The van der Waals surface area contributed by atoms with Crippen LogP contribution in [0.15, 0.2) is 24.3 Å². The molecule has 3 heterocycles. The van der Waals surface area contributed by atoms with Crippen molar-refractivity contribution < 1.29 is 9.59 Å². The van der Waals surface area contributed by atoms with Crippen molar-refractivity contribution in [2.45, 2.75) is 50.2 Å². The molecule has 28 heavy (non-hydrogen) atoms. The monoisotopic (exact) mass is 419 g/mol. The number of carbonyl (C=O) groups excluding carboxylic acids is 2. The smallest absolute Gasteiger partial charge is 0.261 e. The zero-order chi connectivity index (χ0) is 18.9. The van der Waals surface area contributed by atoms with Gasteiger partial charge in [-0.2, -0.15) is 0 Å². The molecule has 5 nitrogen and oxygen atoms in total. The van der Waals surface area contributed by atoms with Crippen molar-refractivity contribution in [2.75, 3.05) is 12.8 Å². The lowest BCUT2D eigenvalue weighted by Gasteiger charge is -2.49. The minimum atomic E-state index is -0.238. The average Bonchev–Trinajstić information content (AvgIpc) is 2.64. The Hall–Kier alpha value is -1.82. The van der Waals surface area contributed by atoms with Gasteiger partial charge in [-0.05, 0) is 44.9 Å². The molecule has 2 aromatic rings. The third-order valence-electron chi connectivity index (χ3n) is 6.73. The van der Waals surface area contributed by atoms with Crippen LogP contribution in [0.2, 0.25) is 5.02 Å². The first-order chi connectivity index (χ1) is 13.0. The number of anilines is 1. The predicted octanol–water partition coefficient (Wildman–Crippen LogP) is 4.11. The van der Waals surface area contributed by atoms with Crippen molar-refractivity contribution in [1.82, 2.24) is 9.80 Å². The Labute approximate surface area is 175 Å². The van der Waals surface area contributed by atoms with E-state index in [1.807, 2.05) is 12.1 Å². The van der Waals surface area contributed by atoms with Gasteiger partial charge in [0.25, 0.3) is 11.8 Å². The number of hydrogen-bond donors (Lipinski definition) is 1. The Morgan fingerprint density at radius 3 is 2.36 bits per heavy atom. The fourth-order valence-corrected chi connectivity index (χ4v) is 5.51. The molecule has 7 heteroatoms. The molecule has 5 rings (SSSR count). The molecule has 2 N–H and O–H groups in total. The Bertz CT molecular complexity index is 979. The Morgan fingerprint density at radius 1 is 1.04 bits per heavy atom. The molecule has 0 aliphatic carbocycles. The summed E-state index contributed by atoms with van der Waals surface area (Å²) >= 11 is 6.29. The number of piperidine rings is 2. The summed E-state index contributed by atoms with van der Waals surface area (Å²) in [5, 5.41) is 1.67. The summed E-state index contributed by atoms with van der Waals surface area (Å²) in [7, 11) is 2.17. The van der Waals surface area contributed by atoms with Gasteiger partial charge in [-0.1, -0.05) is 30.2 Å². The second-order valence-corrected chi connectivity index (χ2v) is 8.46. The standard InChI is InChI=1S/C21H22ClN3O2.ClH/c1-24-11-4-2-5-12(24)9-13(8-11)25-20(26)15-7-3-6-14-18(15)16(21(25)27)10-17(22)19(14)23;/h3,6-7,10-13H,2,4-5,8-9,23H2,1H3;1H. The van der Waals surface area contributed by atoms with Crippen LogP contribution in [0, 0.1) is 0 Å². The summed E-state index contributed by atoms with van der Waals surface area (Å²) in [4.78, 5) is 30.6. The van der Waals surface area contributed by atoms with Crippen molar-refractivity contribution in [3.05, 3.63) is 40.4 Å². The van der Waals surface area contributed by atoms with Gasteiger partial charge < -0.3 is 10.6 Å². The van der Waals surface area contributed by atoms with E-state index in [0.717, 1.165) is 25.7 Å². The number of nitrogen functional groups attached to an aromatic ring is 1. The third-order valence-corrected chi connectivity index (χ3v) is 7.04. The van der Waals surface area contributed by atoms with Gasteiger partial charge in [0.05, 0.1) is 16.3 Å². The number of benzene rings is 2. The number of imide groups is 1. The van der Waals surface area contributed by atoms with Crippen molar-refractivity contribution >= 4 is 52.3 Å². The molecule has 2 amide bonds. The van der Waals surface area contributed by atoms with Crippen molar-refractivity contribution in [2.24, 2.45) is 0 Å². The number of rotatable bonds is 1. The highest BCUT2D eigenvalue weighted by Gasteiger charge is 2.44. The lowest BCUT2D eigenvalue weighted by atomic mass is 9.80. The van der Waals surface area contributed by atoms with Crippen LogP contribution in [0.3, 0.4) is 0 Å². The summed E-state index contributed by atoms with van der Waals surface area (Å²) in [6, 6.07) is 7.86. The molecule has 2 fully saturated rings. The molecule has 3 aliphatic heterocycles. The second kappa shape index (κ2) is 6.90. The van der Waals surface area contributed by atoms with Gasteiger partial charge in [-0.25, -0.2) is 0 Å². The number of fused-ring (bicyclic) bond motifs is 2. The quantitative estimate of drug-likeness (QED) is 0.557. The molecule has 2 atom stereocenters. The summed E-state index contributed by atoms with van der Waals surface area (Å²) < 4.78 is 0. The fourth-order valence-electron chi connectivity index (χ4n) is 5.30. The molecule has 2 unspecified atom stereocenters. The van der Waals surface area contributed by atoms with Gasteiger partial charge >= 0.3 is 0 Å². The van der Waals surface area contributed by atoms with Gasteiger partial charge in [-0.15, -0.1) is 12.4 Å². The van der Waals surface area contributed by atoms with Crippen LogP contribution in [-0.4, -0.2) is 46.8 Å². The van der Waals surface area contributed by atoms with Gasteiger partial charge in [0, 0.05) is 34.5 Å². The number of nitrogens with zero attached hydrogens (tertiary/aromatic N) is 2. The summed E-state index contributed by atoms with van der Waals surface area (Å²) in [6.07, 6.45) is 5.19. The molecule has 3 aliphatic rings. The van der Waals surface area contributed by atoms with Crippen LogP contribution in [-0.2, 0) is 0 Å². The molecule has 0 saturated carbocycles. The summed E-state index contributed by atoms with van der Waals surface area (Å²) in [6.45, 7) is 0. The normalized spacial score (nSPS) is 27.1. The number of amides is 2. The Kier molecular flexibility index (Phi) is 4.81.